The summed E-state index contributed by atoms with van der Waals surface area (Å²) in [4.78, 5) is 12.3. The number of rotatable bonds is 5. The molecule has 0 bridgehead atoms. The first kappa shape index (κ1) is 16.0. The molecule has 0 aliphatic carbocycles. The van der Waals surface area contributed by atoms with Crippen LogP contribution in [0.5, 0.6) is 5.75 Å². The highest BCUT2D eigenvalue weighted by Gasteiger charge is 2.18. The van der Waals surface area contributed by atoms with E-state index < -0.39 is 15.7 Å². The molecule has 116 valence electrons. The fraction of sp³-hybridized carbons (Fsp3) is 0.188. The van der Waals surface area contributed by atoms with Gasteiger partial charge >= 0.3 is 0 Å². The van der Waals surface area contributed by atoms with Crippen molar-refractivity contribution < 1.29 is 17.9 Å². The number of carbonyl (C=O) groups is 1. The van der Waals surface area contributed by atoms with E-state index in [4.69, 9.17) is 4.74 Å². The monoisotopic (exact) mass is 319 g/mol. The summed E-state index contributed by atoms with van der Waals surface area (Å²) in [6.45, 7) is 0.251. The molecule has 0 saturated heterocycles. The standard InChI is InChI=1S/C16H17NO4S/c1-21-14-9-5-3-7-12(14)11-17-16(18)13-8-4-6-10-15(13)22(2,19)20/h3-10H,11H2,1-2H3,(H,17,18). The molecule has 0 saturated carbocycles. The minimum Gasteiger partial charge on any atom is -0.496 e. The van der Waals surface area contributed by atoms with Gasteiger partial charge in [-0.05, 0) is 18.2 Å². The van der Waals surface area contributed by atoms with E-state index >= 15 is 0 Å². The molecule has 0 fully saturated rings. The van der Waals surface area contributed by atoms with Gasteiger partial charge in [0, 0.05) is 18.4 Å². The van der Waals surface area contributed by atoms with Crippen molar-refractivity contribution in [3.05, 3.63) is 59.7 Å². The lowest BCUT2D eigenvalue weighted by molar-refractivity contribution is 0.0947. The first-order valence-electron chi connectivity index (χ1n) is 6.62. The van der Waals surface area contributed by atoms with Gasteiger partial charge in [0.1, 0.15) is 5.75 Å². The van der Waals surface area contributed by atoms with Gasteiger partial charge in [0.2, 0.25) is 0 Å². The molecule has 2 aromatic rings. The molecule has 0 radical (unpaired) electrons. The van der Waals surface area contributed by atoms with E-state index in [1.807, 2.05) is 18.2 Å². The quantitative estimate of drug-likeness (QED) is 0.915. The van der Waals surface area contributed by atoms with Crippen molar-refractivity contribution in [2.45, 2.75) is 11.4 Å². The Labute approximate surface area is 129 Å². The summed E-state index contributed by atoms with van der Waals surface area (Å²) in [7, 11) is -1.90. The zero-order valence-corrected chi connectivity index (χ0v) is 13.2. The molecule has 1 N–H and O–H groups in total. The molecule has 0 aliphatic rings. The summed E-state index contributed by atoms with van der Waals surface area (Å²) < 4.78 is 28.7. The van der Waals surface area contributed by atoms with E-state index in [2.05, 4.69) is 5.32 Å². The van der Waals surface area contributed by atoms with E-state index in [0.29, 0.717) is 5.75 Å². The van der Waals surface area contributed by atoms with Crippen LogP contribution in [-0.2, 0) is 16.4 Å². The summed E-state index contributed by atoms with van der Waals surface area (Å²) in [6, 6.07) is 13.5. The van der Waals surface area contributed by atoms with Crippen molar-refractivity contribution in [1.82, 2.24) is 5.32 Å². The molecule has 2 rings (SSSR count). The number of benzene rings is 2. The van der Waals surface area contributed by atoms with Crippen LogP contribution in [0.3, 0.4) is 0 Å². The van der Waals surface area contributed by atoms with Gasteiger partial charge in [-0.25, -0.2) is 8.42 Å². The maximum Gasteiger partial charge on any atom is 0.252 e. The van der Waals surface area contributed by atoms with Crippen molar-refractivity contribution in [3.8, 4) is 5.75 Å². The summed E-state index contributed by atoms with van der Waals surface area (Å²) >= 11 is 0. The normalized spacial score (nSPS) is 11.0. The minimum absolute atomic E-state index is 0.0209. The Hall–Kier alpha value is -2.34. The number of nitrogens with one attached hydrogen (secondary N) is 1. The number of ether oxygens (including phenoxy) is 1. The number of carbonyl (C=O) groups excluding carboxylic acids is 1. The predicted molar refractivity (Wildman–Crippen MR) is 83.7 cm³/mol. The molecule has 0 atom stereocenters. The first-order chi connectivity index (χ1) is 10.4. The Morgan fingerprint density at radius 3 is 2.41 bits per heavy atom. The minimum atomic E-state index is -3.46. The second-order valence-corrected chi connectivity index (χ2v) is 6.75. The Bertz CT molecular complexity index is 784. The maximum atomic E-state index is 12.3. The molecular formula is C16H17NO4S. The Balaban J connectivity index is 2.21. The number of amides is 1. The number of hydrogen-bond acceptors (Lipinski definition) is 4. The largest absolute Gasteiger partial charge is 0.496 e. The Morgan fingerprint density at radius 2 is 1.73 bits per heavy atom. The third kappa shape index (κ3) is 3.65. The summed E-state index contributed by atoms with van der Waals surface area (Å²) in [6.07, 6.45) is 1.08. The van der Waals surface area contributed by atoms with Crippen LogP contribution in [0.15, 0.2) is 53.4 Å². The lowest BCUT2D eigenvalue weighted by atomic mass is 10.1. The number of sulfone groups is 1. The lowest BCUT2D eigenvalue weighted by Crippen LogP contribution is -2.24. The lowest BCUT2D eigenvalue weighted by Gasteiger charge is -2.11. The molecule has 0 aliphatic heterocycles. The molecule has 22 heavy (non-hydrogen) atoms. The predicted octanol–water partition coefficient (Wildman–Crippen LogP) is 2.03. The van der Waals surface area contributed by atoms with Crippen molar-refractivity contribution in [3.63, 3.8) is 0 Å². The highest BCUT2D eigenvalue weighted by molar-refractivity contribution is 7.90. The molecule has 6 heteroatoms. The Morgan fingerprint density at radius 1 is 1.09 bits per heavy atom. The van der Waals surface area contributed by atoms with Gasteiger partial charge in [-0.15, -0.1) is 0 Å². The van der Waals surface area contributed by atoms with E-state index in [-0.39, 0.29) is 17.0 Å². The van der Waals surface area contributed by atoms with Crippen LogP contribution in [0.4, 0.5) is 0 Å². The molecule has 0 heterocycles. The fourth-order valence-corrected chi connectivity index (χ4v) is 2.98. The van der Waals surface area contributed by atoms with Gasteiger partial charge in [-0.3, -0.25) is 4.79 Å². The average Bonchev–Trinajstić information content (AvgIpc) is 2.52. The van der Waals surface area contributed by atoms with Crippen molar-refractivity contribution >= 4 is 15.7 Å². The molecule has 0 unspecified atom stereocenters. The van der Waals surface area contributed by atoms with Crippen LogP contribution in [0.1, 0.15) is 15.9 Å². The van der Waals surface area contributed by atoms with Crippen molar-refractivity contribution in [2.24, 2.45) is 0 Å². The Kier molecular flexibility index (Phi) is 4.82. The summed E-state index contributed by atoms with van der Waals surface area (Å²) in [5.41, 5.74) is 0.954. The third-order valence-electron chi connectivity index (χ3n) is 3.16. The number of para-hydroxylation sites is 1. The second-order valence-electron chi connectivity index (χ2n) is 4.76. The van der Waals surface area contributed by atoms with Crippen molar-refractivity contribution in [1.29, 1.82) is 0 Å². The first-order valence-corrected chi connectivity index (χ1v) is 8.52. The van der Waals surface area contributed by atoms with Crippen LogP contribution in [0.2, 0.25) is 0 Å². The van der Waals surface area contributed by atoms with Crippen LogP contribution < -0.4 is 10.1 Å². The molecule has 0 spiro atoms. The topological polar surface area (TPSA) is 72.5 Å². The number of methoxy groups -OCH3 is 1. The van der Waals surface area contributed by atoms with Crippen molar-refractivity contribution in [2.75, 3.05) is 13.4 Å². The van der Waals surface area contributed by atoms with Crippen LogP contribution >= 0.6 is 0 Å². The van der Waals surface area contributed by atoms with E-state index in [9.17, 15) is 13.2 Å². The highest BCUT2D eigenvalue weighted by atomic mass is 32.2. The van der Waals surface area contributed by atoms with Gasteiger partial charge in [0.05, 0.1) is 17.6 Å². The maximum absolute atomic E-state index is 12.3. The molecular weight excluding hydrogens is 302 g/mol. The zero-order valence-electron chi connectivity index (χ0n) is 12.4. The van der Waals surface area contributed by atoms with Gasteiger partial charge < -0.3 is 10.1 Å². The fourth-order valence-electron chi connectivity index (χ4n) is 2.10. The summed E-state index contributed by atoms with van der Waals surface area (Å²) in [5, 5.41) is 2.72. The molecule has 5 nitrogen and oxygen atoms in total. The SMILES string of the molecule is COc1ccccc1CNC(=O)c1ccccc1S(C)(=O)=O. The van der Waals surface area contributed by atoms with E-state index in [1.165, 1.54) is 12.1 Å². The average molecular weight is 319 g/mol. The van der Waals surface area contributed by atoms with Crippen LogP contribution in [0.25, 0.3) is 0 Å². The molecule has 1 amide bonds. The van der Waals surface area contributed by atoms with Gasteiger partial charge in [-0.1, -0.05) is 30.3 Å². The van der Waals surface area contributed by atoms with Gasteiger partial charge in [0.25, 0.3) is 5.91 Å². The zero-order chi connectivity index (χ0) is 16.2. The van der Waals surface area contributed by atoms with Crippen LogP contribution in [0, 0.1) is 0 Å². The van der Waals surface area contributed by atoms with Crippen LogP contribution in [-0.4, -0.2) is 27.7 Å². The highest BCUT2D eigenvalue weighted by Crippen LogP contribution is 2.18. The second kappa shape index (κ2) is 6.62. The summed E-state index contributed by atoms with van der Waals surface area (Å²) in [5.74, 6) is 0.228. The van der Waals surface area contributed by atoms with Gasteiger partial charge in [0.15, 0.2) is 9.84 Å². The third-order valence-corrected chi connectivity index (χ3v) is 4.32. The molecule has 0 aromatic heterocycles. The van der Waals surface area contributed by atoms with E-state index in [0.717, 1.165) is 11.8 Å². The number of hydrogen-bond donors (Lipinski definition) is 1. The smallest absolute Gasteiger partial charge is 0.252 e. The van der Waals surface area contributed by atoms with E-state index in [1.54, 1.807) is 25.3 Å². The molecule has 2 aromatic carbocycles. The van der Waals surface area contributed by atoms with Gasteiger partial charge in [-0.2, -0.15) is 0 Å².